The number of anilines is 6. The van der Waals surface area contributed by atoms with E-state index in [4.69, 9.17) is 0 Å². The predicted molar refractivity (Wildman–Crippen MR) is 488 cm³/mol. The molecule has 112 heavy (non-hydrogen) atoms. The first kappa shape index (κ1) is 71.8. The lowest BCUT2D eigenvalue weighted by molar-refractivity contribution is 0.569. The number of benzene rings is 15. The van der Waals surface area contributed by atoms with Gasteiger partial charge in [-0.1, -0.05) is 392 Å². The summed E-state index contributed by atoms with van der Waals surface area (Å²) in [5.41, 5.74) is 23.5. The molecule has 15 aromatic carbocycles. The lowest BCUT2D eigenvalue weighted by Gasteiger charge is -2.45. The van der Waals surface area contributed by atoms with Gasteiger partial charge in [0.1, 0.15) is 0 Å². The van der Waals surface area contributed by atoms with Gasteiger partial charge in [0, 0.05) is 44.8 Å². The topological polar surface area (TPSA) is 11.4 Å². The smallest absolute Gasteiger partial charge is 0.252 e. The van der Waals surface area contributed by atoms with E-state index in [1.165, 1.54) is 96.5 Å². The van der Waals surface area contributed by atoms with E-state index in [1.54, 1.807) is 0 Å². The number of hydrogen-bond donors (Lipinski definition) is 0. The van der Waals surface area contributed by atoms with Crippen molar-refractivity contribution in [2.45, 2.75) is 105 Å². The highest BCUT2D eigenvalue weighted by Crippen LogP contribution is 2.49. The Labute approximate surface area is 665 Å². The predicted octanol–water partition coefficient (Wildman–Crippen LogP) is 20.1. The molecule has 1 aromatic heterocycles. The number of para-hydroxylation sites is 3. The third-order valence-corrected chi connectivity index (χ3v) is 33.7. The lowest BCUT2D eigenvalue weighted by Crippen LogP contribution is -2.75. The SMILES string of the molecule is CC(C)(C)c1cc(C(C)(C)C)cc([Si](c2ccccc2)(c2ccccc2)c2ccc(N3c4ccc([Si](c5ccccc5)(c5ccccc5)c5cc(C(C)(C)C)cc(C(C)(C)C)c5)cc4B4c5ccc(-c6ccccc6)cc5N(c5ccccc5-c5ccccc5)c5cc(-n6c7ccccc7c7ccccc76)cc3c54)cc2)c1. The monoisotopic (exact) mass is 1480 g/mol. The molecule has 0 amide bonds. The highest BCUT2D eigenvalue weighted by atomic mass is 28.3. The van der Waals surface area contributed by atoms with Crippen molar-refractivity contribution in [1.29, 1.82) is 0 Å². The minimum Gasteiger partial charge on any atom is -0.311 e. The Morgan fingerprint density at radius 3 is 1.08 bits per heavy atom. The maximum atomic E-state index is 2.72. The number of hydrogen-bond acceptors (Lipinski definition) is 2. The highest BCUT2D eigenvalue weighted by molar-refractivity contribution is 7.20. The fraction of sp³-hybridized carbons (Fsp3) is 0.151. The first-order valence-corrected chi connectivity index (χ1v) is 44.0. The second-order valence-electron chi connectivity index (χ2n) is 35.3. The van der Waals surface area contributed by atoms with Crippen LogP contribution < -0.4 is 67.7 Å². The van der Waals surface area contributed by atoms with Gasteiger partial charge in [0.25, 0.3) is 6.71 Å². The molecule has 0 saturated heterocycles. The zero-order chi connectivity index (χ0) is 77.1. The van der Waals surface area contributed by atoms with E-state index in [0.717, 1.165) is 67.5 Å². The van der Waals surface area contributed by atoms with Crippen LogP contribution in [-0.4, -0.2) is 27.4 Å². The number of rotatable bonds is 13. The van der Waals surface area contributed by atoms with Crippen molar-refractivity contribution in [2.24, 2.45) is 0 Å². The van der Waals surface area contributed by atoms with E-state index < -0.39 is 16.1 Å². The van der Waals surface area contributed by atoms with Gasteiger partial charge in [-0.05, 0) is 173 Å². The van der Waals surface area contributed by atoms with Gasteiger partial charge in [-0.25, -0.2) is 0 Å². The molecule has 0 saturated carbocycles. The van der Waals surface area contributed by atoms with Crippen molar-refractivity contribution in [1.82, 2.24) is 4.57 Å². The number of fused-ring (bicyclic) bond motifs is 7. The Hall–Kier alpha value is -11.8. The summed E-state index contributed by atoms with van der Waals surface area (Å²) >= 11 is 0. The standard InChI is InChI=1S/C106H96BN3Si2/c1-103(2,3)76-64-77(104(4,5)6)67-88(66-76)111(82-41-23-15-24-42-82,83-43-25-16-26-44-83)86-58-56-80(57-59-86)108-98-62-60-87(112(84-45-27-17-28-46-84,85-47-29-18-30-48-85)89-68-78(105(7,8)9)65-79(69-89)106(10,11)12)72-94(98)107-93-61-55-75(73-37-19-13-20-38-73)63-99(93)110(95-52-34-31-49-90(95)74-39-21-14-22-40-74)101-71-81(70-100(108)102(101)107)109-96-53-35-32-50-91(96)92-51-33-36-54-97(92)109/h13-72H,1-12H3. The third kappa shape index (κ3) is 12.1. The van der Waals surface area contributed by atoms with Crippen LogP contribution in [0.3, 0.4) is 0 Å². The normalized spacial score (nSPS) is 13.1. The fourth-order valence-electron chi connectivity index (χ4n) is 18.5. The van der Waals surface area contributed by atoms with Gasteiger partial charge >= 0.3 is 0 Å². The van der Waals surface area contributed by atoms with Gasteiger partial charge in [-0.3, -0.25) is 0 Å². The molecule has 2 aliphatic rings. The van der Waals surface area contributed by atoms with Gasteiger partial charge in [0.05, 0.1) is 22.4 Å². The molecule has 0 N–H and O–H groups in total. The Kier molecular flexibility index (Phi) is 17.7. The Morgan fingerprint density at radius 2 is 0.616 bits per heavy atom. The van der Waals surface area contributed by atoms with Crippen molar-refractivity contribution in [3.05, 3.63) is 386 Å². The first-order valence-electron chi connectivity index (χ1n) is 40.0. The molecule has 546 valence electrons. The molecule has 3 heterocycles. The fourth-order valence-corrected chi connectivity index (χ4v) is 28.1. The molecule has 18 rings (SSSR count). The molecule has 3 nitrogen and oxygen atoms in total. The molecule has 0 unspecified atom stereocenters. The number of aromatic nitrogens is 1. The summed E-state index contributed by atoms with van der Waals surface area (Å²) in [6, 6.07) is 141. The van der Waals surface area contributed by atoms with Gasteiger partial charge in [-0.2, -0.15) is 0 Å². The van der Waals surface area contributed by atoms with E-state index >= 15 is 0 Å². The Balaban J connectivity index is 0.997. The van der Waals surface area contributed by atoms with Crippen molar-refractivity contribution in [3.63, 3.8) is 0 Å². The van der Waals surface area contributed by atoms with E-state index in [2.05, 4.69) is 461 Å². The molecule has 0 bridgehead atoms. The van der Waals surface area contributed by atoms with Crippen LogP contribution in [0.4, 0.5) is 34.1 Å². The van der Waals surface area contributed by atoms with E-state index in [1.807, 2.05) is 0 Å². The Morgan fingerprint density at radius 1 is 0.232 bits per heavy atom. The third-order valence-electron chi connectivity index (χ3n) is 24.2. The molecule has 0 fully saturated rings. The van der Waals surface area contributed by atoms with Crippen LogP contribution in [0.5, 0.6) is 0 Å². The molecular weight excluding hydrogens is 1380 g/mol. The van der Waals surface area contributed by atoms with E-state index in [0.29, 0.717) is 0 Å². The zero-order valence-electron chi connectivity index (χ0n) is 66.6. The lowest BCUT2D eigenvalue weighted by atomic mass is 9.33. The maximum absolute atomic E-state index is 3.35. The van der Waals surface area contributed by atoms with Gasteiger partial charge in [0.15, 0.2) is 16.1 Å². The zero-order valence-corrected chi connectivity index (χ0v) is 68.6. The minimum atomic E-state index is -3.35. The molecule has 2 aliphatic heterocycles. The maximum Gasteiger partial charge on any atom is 0.252 e. The second-order valence-corrected chi connectivity index (χ2v) is 42.9. The summed E-state index contributed by atoms with van der Waals surface area (Å²) in [6.07, 6.45) is 0. The molecule has 0 atom stereocenters. The molecule has 16 aromatic rings. The van der Waals surface area contributed by atoms with Crippen LogP contribution >= 0.6 is 0 Å². The average Bonchev–Trinajstić information content (AvgIpc) is 0.871. The van der Waals surface area contributed by atoms with Crippen molar-refractivity contribution < 1.29 is 0 Å². The Bertz CT molecular complexity index is 6030. The largest absolute Gasteiger partial charge is 0.311 e. The summed E-state index contributed by atoms with van der Waals surface area (Å²) in [6.45, 7) is 28.3. The highest BCUT2D eigenvalue weighted by Gasteiger charge is 2.49. The van der Waals surface area contributed by atoms with Crippen LogP contribution in [0.15, 0.2) is 364 Å². The summed E-state index contributed by atoms with van der Waals surface area (Å²) in [7, 11) is -6.53. The quantitative estimate of drug-likeness (QED) is 0.0842. The van der Waals surface area contributed by atoms with Crippen LogP contribution in [0.25, 0.3) is 49.7 Å². The molecule has 6 heteroatoms. The van der Waals surface area contributed by atoms with Crippen LogP contribution in [0.2, 0.25) is 0 Å². The van der Waals surface area contributed by atoms with Gasteiger partial charge in [0.2, 0.25) is 0 Å². The van der Waals surface area contributed by atoms with E-state index in [9.17, 15) is 0 Å². The molecule has 0 aliphatic carbocycles. The molecular formula is C106H96BN3Si2. The average molecular weight is 1480 g/mol. The molecule has 0 spiro atoms. The summed E-state index contributed by atoms with van der Waals surface area (Å²) < 4.78 is 2.54. The van der Waals surface area contributed by atoms with Crippen molar-refractivity contribution in [3.8, 4) is 27.9 Å². The van der Waals surface area contributed by atoms with Crippen LogP contribution in [0.1, 0.15) is 105 Å². The van der Waals surface area contributed by atoms with Crippen LogP contribution in [0, 0.1) is 0 Å². The van der Waals surface area contributed by atoms with Crippen LogP contribution in [-0.2, 0) is 21.7 Å². The van der Waals surface area contributed by atoms with Crippen molar-refractivity contribution >= 4 is 137 Å². The second kappa shape index (κ2) is 27.6. The minimum absolute atomic E-state index is 0.111. The van der Waals surface area contributed by atoms with Crippen molar-refractivity contribution in [2.75, 3.05) is 9.80 Å². The first-order chi connectivity index (χ1) is 54.1. The number of nitrogens with zero attached hydrogens (tertiary/aromatic N) is 3. The van der Waals surface area contributed by atoms with Gasteiger partial charge in [-0.15, -0.1) is 0 Å². The van der Waals surface area contributed by atoms with E-state index in [-0.39, 0.29) is 28.4 Å². The summed E-state index contributed by atoms with van der Waals surface area (Å²) in [4.78, 5) is 5.34. The summed E-state index contributed by atoms with van der Waals surface area (Å²) in [5, 5.41) is 13.3. The summed E-state index contributed by atoms with van der Waals surface area (Å²) in [5.74, 6) is 0. The molecule has 0 radical (unpaired) electrons. The van der Waals surface area contributed by atoms with Gasteiger partial charge < -0.3 is 14.4 Å².